The topological polar surface area (TPSA) is 51.2 Å². The predicted octanol–water partition coefficient (Wildman–Crippen LogP) is 3.09. The number of hydrogen-bond donors (Lipinski definition) is 1. The minimum absolute atomic E-state index is 0.112. The van der Waals surface area contributed by atoms with Crippen LogP contribution in [0.5, 0.6) is 0 Å². The summed E-state index contributed by atoms with van der Waals surface area (Å²) in [5.41, 5.74) is 0.962. The molecule has 1 saturated carbocycles. The van der Waals surface area contributed by atoms with Crippen molar-refractivity contribution in [3.63, 3.8) is 0 Å². The van der Waals surface area contributed by atoms with Crippen LogP contribution in [-0.4, -0.2) is 23.6 Å². The van der Waals surface area contributed by atoms with Gasteiger partial charge in [0.05, 0.1) is 12.3 Å². The van der Waals surface area contributed by atoms with Crippen molar-refractivity contribution in [3.8, 4) is 0 Å². The highest BCUT2D eigenvalue weighted by Gasteiger charge is 2.33. The van der Waals surface area contributed by atoms with Gasteiger partial charge in [-0.15, -0.1) is 11.3 Å². The van der Waals surface area contributed by atoms with Crippen LogP contribution in [0.3, 0.4) is 0 Å². The molecule has 0 spiro atoms. The Hall–Kier alpha value is -1.10. The lowest BCUT2D eigenvalue weighted by Gasteiger charge is -2.11. The number of nitrogens with one attached hydrogen (secondary N) is 1. The molecule has 1 heterocycles. The summed E-state index contributed by atoms with van der Waals surface area (Å²) in [6.07, 6.45) is 6.93. The highest BCUT2D eigenvalue weighted by Crippen LogP contribution is 2.39. The molecule has 0 aromatic carbocycles. The molecule has 5 heteroatoms. The van der Waals surface area contributed by atoms with Crippen molar-refractivity contribution >= 4 is 22.4 Å². The van der Waals surface area contributed by atoms with Gasteiger partial charge in [0.25, 0.3) is 0 Å². The average molecular weight is 280 g/mol. The molecule has 2 aliphatic carbocycles. The fraction of sp³-hybridized carbons (Fsp3) is 0.714. The first kappa shape index (κ1) is 12.9. The largest absolute Gasteiger partial charge is 0.465 e. The molecule has 19 heavy (non-hydrogen) atoms. The number of carbonyl (C=O) groups excluding carboxylic acids is 1. The Bertz CT molecular complexity index is 466. The maximum atomic E-state index is 11.9. The maximum Gasteiger partial charge on any atom is 0.315 e. The number of carbonyl (C=O) groups is 1. The molecule has 3 rings (SSSR count). The SMILES string of the molecule is CCOC(=O)C1CCc2sc(NC3CCCC3)nc21. The second kappa shape index (κ2) is 5.49. The fourth-order valence-electron chi connectivity index (χ4n) is 3.01. The Labute approximate surface area is 117 Å². The predicted molar refractivity (Wildman–Crippen MR) is 75.7 cm³/mol. The van der Waals surface area contributed by atoms with Gasteiger partial charge in [-0.1, -0.05) is 12.8 Å². The molecule has 2 aliphatic rings. The van der Waals surface area contributed by atoms with Gasteiger partial charge in [0, 0.05) is 10.9 Å². The van der Waals surface area contributed by atoms with E-state index < -0.39 is 0 Å². The summed E-state index contributed by atoms with van der Waals surface area (Å²) in [4.78, 5) is 17.8. The molecule has 0 radical (unpaired) electrons. The lowest BCUT2D eigenvalue weighted by molar-refractivity contribution is -0.145. The first-order valence-electron chi connectivity index (χ1n) is 7.20. The van der Waals surface area contributed by atoms with Crippen LogP contribution in [0.4, 0.5) is 5.13 Å². The van der Waals surface area contributed by atoms with Crippen LogP contribution >= 0.6 is 11.3 Å². The Morgan fingerprint density at radius 2 is 2.21 bits per heavy atom. The molecule has 0 saturated heterocycles. The molecule has 1 atom stereocenters. The molecule has 1 unspecified atom stereocenters. The molecule has 1 N–H and O–H groups in total. The Morgan fingerprint density at radius 3 is 2.95 bits per heavy atom. The zero-order valence-corrected chi connectivity index (χ0v) is 12.1. The number of rotatable bonds is 4. The van der Waals surface area contributed by atoms with Gasteiger partial charge in [-0.3, -0.25) is 4.79 Å². The summed E-state index contributed by atoms with van der Waals surface area (Å²) in [7, 11) is 0. The van der Waals surface area contributed by atoms with Gasteiger partial charge in [-0.05, 0) is 32.6 Å². The van der Waals surface area contributed by atoms with E-state index >= 15 is 0 Å². The summed E-state index contributed by atoms with van der Waals surface area (Å²) in [5.74, 6) is -0.246. The molecule has 0 amide bonds. The number of thiazole rings is 1. The van der Waals surface area contributed by atoms with Gasteiger partial charge in [0.2, 0.25) is 0 Å². The van der Waals surface area contributed by atoms with Crippen molar-refractivity contribution in [1.82, 2.24) is 4.98 Å². The van der Waals surface area contributed by atoms with E-state index in [1.807, 2.05) is 6.92 Å². The molecule has 1 aromatic heterocycles. The van der Waals surface area contributed by atoms with E-state index in [4.69, 9.17) is 4.74 Å². The van der Waals surface area contributed by atoms with E-state index in [9.17, 15) is 4.79 Å². The zero-order chi connectivity index (χ0) is 13.2. The Morgan fingerprint density at radius 1 is 1.42 bits per heavy atom. The van der Waals surface area contributed by atoms with E-state index in [0.29, 0.717) is 12.6 Å². The fourth-order valence-corrected chi connectivity index (χ4v) is 4.12. The molecule has 104 valence electrons. The van der Waals surface area contributed by atoms with Crippen molar-refractivity contribution in [1.29, 1.82) is 0 Å². The standard InChI is InChI=1S/C14H20N2O2S/c1-2-18-13(17)10-7-8-11-12(10)16-14(19-11)15-9-5-3-4-6-9/h9-10H,2-8H2,1H3,(H,15,16). The summed E-state index contributed by atoms with van der Waals surface area (Å²) in [6, 6.07) is 0.576. The number of aromatic nitrogens is 1. The third kappa shape index (κ3) is 2.61. The molecule has 1 fully saturated rings. The normalized spacial score (nSPS) is 22.5. The van der Waals surface area contributed by atoms with Crippen LogP contribution in [0.15, 0.2) is 0 Å². The van der Waals surface area contributed by atoms with Crippen LogP contribution in [0.25, 0.3) is 0 Å². The van der Waals surface area contributed by atoms with Gasteiger partial charge in [-0.25, -0.2) is 4.98 Å². The van der Waals surface area contributed by atoms with Gasteiger partial charge in [0.15, 0.2) is 5.13 Å². The highest BCUT2D eigenvalue weighted by molar-refractivity contribution is 7.15. The van der Waals surface area contributed by atoms with Crippen molar-refractivity contribution in [2.45, 2.75) is 57.4 Å². The summed E-state index contributed by atoms with van der Waals surface area (Å²) < 4.78 is 5.13. The lowest BCUT2D eigenvalue weighted by Crippen LogP contribution is -2.16. The van der Waals surface area contributed by atoms with Gasteiger partial charge in [0.1, 0.15) is 5.92 Å². The number of aryl methyl sites for hydroxylation is 1. The van der Waals surface area contributed by atoms with Crippen molar-refractivity contribution in [3.05, 3.63) is 10.6 Å². The van der Waals surface area contributed by atoms with Crippen LogP contribution < -0.4 is 5.32 Å². The highest BCUT2D eigenvalue weighted by atomic mass is 32.1. The number of hydrogen-bond acceptors (Lipinski definition) is 5. The van der Waals surface area contributed by atoms with Crippen molar-refractivity contribution in [2.24, 2.45) is 0 Å². The lowest BCUT2D eigenvalue weighted by atomic mass is 10.1. The summed E-state index contributed by atoms with van der Waals surface area (Å²) >= 11 is 1.72. The molecular formula is C14H20N2O2S. The number of anilines is 1. The second-order valence-electron chi connectivity index (χ2n) is 5.30. The minimum atomic E-state index is -0.134. The Balaban J connectivity index is 1.70. The van der Waals surface area contributed by atoms with Crippen molar-refractivity contribution < 1.29 is 9.53 Å². The van der Waals surface area contributed by atoms with Gasteiger partial charge in [-0.2, -0.15) is 0 Å². The van der Waals surface area contributed by atoms with Gasteiger partial charge < -0.3 is 10.1 Å². The molecule has 1 aromatic rings. The van der Waals surface area contributed by atoms with Crippen molar-refractivity contribution in [2.75, 3.05) is 11.9 Å². The van der Waals surface area contributed by atoms with E-state index in [1.165, 1.54) is 30.6 Å². The average Bonchev–Trinajstić information content (AvgIpc) is 3.05. The Kier molecular flexibility index (Phi) is 3.73. The first-order valence-corrected chi connectivity index (χ1v) is 8.02. The first-order chi connectivity index (χ1) is 9.28. The number of esters is 1. The maximum absolute atomic E-state index is 11.9. The van der Waals surface area contributed by atoms with E-state index in [1.54, 1.807) is 11.3 Å². The van der Waals surface area contributed by atoms with Crippen LogP contribution in [-0.2, 0) is 16.0 Å². The summed E-state index contributed by atoms with van der Waals surface area (Å²) in [6.45, 7) is 2.30. The molecule has 4 nitrogen and oxygen atoms in total. The second-order valence-corrected chi connectivity index (χ2v) is 6.38. The van der Waals surface area contributed by atoms with E-state index in [-0.39, 0.29) is 11.9 Å². The quantitative estimate of drug-likeness (QED) is 0.861. The number of nitrogens with zero attached hydrogens (tertiary/aromatic N) is 1. The third-order valence-electron chi connectivity index (χ3n) is 3.97. The summed E-state index contributed by atoms with van der Waals surface area (Å²) in [5, 5.41) is 4.51. The monoisotopic (exact) mass is 280 g/mol. The molecule has 0 bridgehead atoms. The smallest absolute Gasteiger partial charge is 0.315 e. The van der Waals surface area contributed by atoms with Gasteiger partial charge >= 0.3 is 5.97 Å². The van der Waals surface area contributed by atoms with Crippen LogP contribution in [0.1, 0.15) is 55.5 Å². The van der Waals surface area contributed by atoms with E-state index in [2.05, 4.69) is 10.3 Å². The van der Waals surface area contributed by atoms with E-state index in [0.717, 1.165) is 23.7 Å². The molecule has 0 aliphatic heterocycles. The minimum Gasteiger partial charge on any atom is -0.465 e. The number of ether oxygens (including phenoxy) is 1. The van der Waals surface area contributed by atoms with Crippen LogP contribution in [0.2, 0.25) is 0 Å². The zero-order valence-electron chi connectivity index (χ0n) is 11.3. The number of fused-ring (bicyclic) bond motifs is 1. The third-order valence-corrected chi connectivity index (χ3v) is 5.03. The van der Waals surface area contributed by atoms with Crippen LogP contribution in [0, 0.1) is 0 Å². The molecular weight excluding hydrogens is 260 g/mol.